The first-order chi connectivity index (χ1) is 17.1. The molecule has 0 radical (unpaired) electrons. The number of thioether (sulfide) groups is 1. The molecule has 0 atom stereocenters. The number of rotatable bonds is 4. The van der Waals surface area contributed by atoms with Crippen molar-refractivity contribution in [1.82, 2.24) is 9.80 Å². The molecule has 2 aromatic rings. The predicted octanol–water partition coefficient (Wildman–Crippen LogP) is 4.12. The molecule has 0 saturated carbocycles. The van der Waals surface area contributed by atoms with Crippen molar-refractivity contribution in [1.29, 1.82) is 5.26 Å². The summed E-state index contributed by atoms with van der Waals surface area (Å²) in [5.74, 6) is -0.831. The Bertz CT molecular complexity index is 1330. The monoisotopic (exact) mass is 516 g/mol. The molecule has 1 fully saturated rings. The summed E-state index contributed by atoms with van der Waals surface area (Å²) in [6.07, 6.45) is -3.15. The molecule has 0 bridgehead atoms. The van der Waals surface area contributed by atoms with E-state index in [9.17, 15) is 22.8 Å². The van der Waals surface area contributed by atoms with E-state index < -0.39 is 23.4 Å². The van der Waals surface area contributed by atoms with Crippen LogP contribution in [-0.2, 0) is 15.8 Å². The van der Waals surface area contributed by atoms with Crippen molar-refractivity contribution in [2.75, 3.05) is 33.8 Å². The smallest absolute Gasteiger partial charge is 0.420 e. The zero-order valence-corrected chi connectivity index (χ0v) is 19.9. The lowest BCUT2D eigenvalue weighted by atomic mass is 10.1. The van der Waals surface area contributed by atoms with Gasteiger partial charge in [-0.15, -0.1) is 0 Å². The molecule has 2 aliphatic heterocycles. The first kappa shape index (κ1) is 25.1. The van der Waals surface area contributed by atoms with E-state index in [0.29, 0.717) is 28.7 Å². The van der Waals surface area contributed by atoms with Gasteiger partial charge >= 0.3 is 6.18 Å². The molecule has 2 heterocycles. The first-order valence-electron chi connectivity index (χ1n) is 10.6. The lowest BCUT2D eigenvalue weighted by molar-refractivity contribution is -0.138. The molecule has 186 valence electrons. The van der Waals surface area contributed by atoms with E-state index >= 15 is 0 Å². The van der Waals surface area contributed by atoms with Gasteiger partial charge in [-0.25, -0.2) is 0 Å². The number of methoxy groups -OCH3 is 1. The third-order valence-corrected chi connectivity index (χ3v) is 6.50. The van der Waals surface area contributed by atoms with Gasteiger partial charge in [0.1, 0.15) is 5.75 Å². The highest BCUT2D eigenvalue weighted by Gasteiger charge is 2.35. The van der Waals surface area contributed by atoms with Crippen molar-refractivity contribution in [2.45, 2.75) is 6.18 Å². The Morgan fingerprint density at radius 2 is 1.86 bits per heavy atom. The zero-order chi connectivity index (χ0) is 26.0. The van der Waals surface area contributed by atoms with Gasteiger partial charge in [-0.3, -0.25) is 9.59 Å². The molecule has 0 spiro atoms. The van der Waals surface area contributed by atoms with Crippen molar-refractivity contribution in [3.05, 3.63) is 58.0 Å². The first-order valence-corrected chi connectivity index (χ1v) is 11.4. The Labute approximate surface area is 208 Å². The van der Waals surface area contributed by atoms with Crippen LogP contribution in [0.25, 0.3) is 6.08 Å². The fourth-order valence-electron chi connectivity index (χ4n) is 3.49. The maximum absolute atomic E-state index is 13.5. The minimum absolute atomic E-state index is 0.0214. The molecule has 8 nitrogen and oxygen atoms in total. The Morgan fingerprint density at radius 3 is 2.53 bits per heavy atom. The molecule has 12 heteroatoms. The van der Waals surface area contributed by atoms with Crippen molar-refractivity contribution < 1.29 is 32.2 Å². The highest BCUT2D eigenvalue weighted by Crippen LogP contribution is 2.41. The number of hydrogen-bond acceptors (Lipinski definition) is 7. The van der Waals surface area contributed by atoms with E-state index in [1.807, 2.05) is 0 Å². The van der Waals surface area contributed by atoms with Gasteiger partial charge in [-0.1, -0.05) is 6.07 Å². The van der Waals surface area contributed by atoms with Crippen LogP contribution in [0.5, 0.6) is 17.2 Å². The molecule has 0 aromatic heterocycles. The summed E-state index contributed by atoms with van der Waals surface area (Å²) in [6, 6.07) is 9.20. The molecule has 0 N–H and O–H groups in total. The Hall–Kier alpha value is -3.98. The van der Waals surface area contributed by atoms with Crippen LogP contribution in [0, 0.1) is 11.3 Å². The standard InChI is InChI=1S/C24H19F3N4O4S/c1-30-7-8-31(13-21(30)32)23-29-22(33)20(36-23)11-14-3-6-18(19(10-14)34-2)35-17-5-4-15(12-28)9-16(17)24(25,26)27/h3-6,9-11H,7-8,13H2,1-2H3. The van der Waals surface area contributed by atoms with Crippen LogP contribution < -0.4 is 9.47 Å². The van der Waals surface area contributed by atoms with Gasteiger partial charge < -0.3 is 19.3 Å². The SMILES string of the molecule is COc1cc(C=C2SC(N3CCN(C)C(=O)C3)=NC2=O)ccc1Oc1ccc(C#N)cc1C(F)(F)F. The average Bonchev–Trinajstić information content (AvgIpc) is 3.21. The van der Waals surface area contributed by atoms with Crippen LogP contribution in [0.4, 0.5) is 13.2 Å². The summed E-state index contributed by atoms with van der Waals surface area (Å²) in [5, 5.41) is 9.38. The van der Waals surface area contributed by atoms with Crippen molar-refractivity contribution in [3.8, 4) is 23.3 Å². The molecule has 2 aromatic carbocycles. The highest BCUT2D eigenvalue weighted by molar-refractivity contribution is 8.18. The van der Waals surface area contributed by atoms with Crippen LogP contribution in [0.1, 0.15) is 16.7 Å². The van der Waals surface area contributed by atoms with Gasteiger partial charge in [0.05, 0.1) is 35.8 Å². The average molecular weight is 517 g/mol. The van der Waals surface area contributed by atoms with Crippen LogP contribution in [0.3, 0.4) is 0 Å². The molecule has 1 saturated heterocycles. The van der Waals surface area contributed by atoms with Crippen LogP contribution in [-0.4, -0.2) is 60.6 Å². The van der Waals surface area contributed by atoms with Gasteiger partial charge in [0, 0.05) is 20.1 Å². The normalized spacial score (nSPS) is 17.3. The third-order valence-electron chi connectivity index (χ3n) is 5.46. The number of aliphatic imine (C=N–C) groups is 1. The third kappa shape index (κ3) is 5.31. The van der Waals surface area contributed by atoms with E-state index in [1.54, 1.807) is 35.1 Å². The molecule has 0 aliphatic carbocycles. The van der Waals surface area contributed by atoms with Crippen LogP contribution in [0.2, 0.25) is 0 Å². The summed E-state index contributed by atoms with van der Waals surface area (Å²) >= 11 is 1.15. The number of ether oxygens (including phenoxy) is 2. The summed E-state index contributed by atoms with van der Waals surface area (Å²) in [6.45, 7) is 1.22. The number of amides is 2. The zero-order valence-electron chi connectivity index (χ0n) is 19.1. The maximum Gasteiger partial charge on any atom is 0.420 e. The summed E-state index contributed by atoms with van der Waals surface area (Å²) < 4.78 is 51.3. The number of amidine groups is 1. The molecule has 2 amide bonds. The number of piperazine rings is 1. The number of likely N-dealkylation sites (N-methyl/N-ethyl adjacent to an activating group) is 1. The van der Waals surface area contributed by atoms with Gasteiger partial charge in [0.2, 0.25) is 5.91 Å². The van der Waals surface area contributed by atoms with Crippen LogP contribution in [0.15, 0.2) is 46.3 Å². The van der Waals surface area contributed by atoms with Gasteiger partial charge in [0.15, 0.2) is 16.7 Å². The number of hydrogen-bond donors (Lipinski definition) is 0. The van der Waals surface area contributed by atoms with Gasteiger partial charge in [-0.05, 0) is 53.7 Å². The number of carbonyl (C=O) groups is 2. The largest absolute Gasteiger partial charge is 0.493 e. The minimum atomic E-state index is -4.73. The number of nitriles is 1. The lowest BCUT2D eigenvalue weighted by Crippen LogP contribution is -2.49. The number of nitrogens with zero attached hydrogens (tertiary/aromatic N) is 4. The predicted molar refractivity (Wildman–Crippen MR) is 126 cm³/mol. The Morgan fingerprint density at radius 1 is 1.11 bits per heavy atom. The second kappa shape index (κ2) is 9.94. The lowest BCUT2D eigenvalue weighted by Gasteiger charge is -2.32. The molecule has 2 aliphatic rings. The second-order valence-corrected chi connectivity index (χ2v) is 8.89. The van der Waals surface area contributed by atoms with Crippen molar-refractivity contribution >= 4 is 34.8 Å². The topological polar surface area (TPSA) is 95.2 Å². The van der Waals surface area contributed by atoms with Crippen molar-refractivity contribution in [3.63, 3.8) is 0 Å². The number of benzene rings is 2. The Kier molecular flexibility index (Phi) is 6.94. The number of alkyl halides is 3. The van der Waals surface area contributed by atoms with Gasteiger partial charge in [0.25, 0.3) is 5.91 Å². The molecule has 36 heavy (non-hydrogen) atoms. The summed E-state index contributed by atoms with van der Waals surface area (Å²) in [7, 11) is 3.05. The molecule has 4 rings (SSSR count). The fourth-order valence-corrected chi connectivity index (χ4v) is 4.43. The maximum atomic E-state index is 13.5. The van der Waals surface area contributed by atoms with E-state index in [2.05, 4.69) is 4.99 Å². The molecule has 0 unspecified atom stereocenters. The number of halogens is 3. The Balaban J connectivity index is 1.55. The highest BCUT2D eigenvalue weighted by atomic mass is 32.2. The second-order valence-electron chi connectivity index (χ2n) is 7.88. The molecular weight excluding hydrogens is 497 g/mol. The minimum Gasteiger partial charge on any atom is -0.493 e. The summed E-state index contributed by atoms with van der Waals surface area (Å²) in [4.78, 5) is 32.2. The van der Waals surface area contributed by atoms with E-state index in [0.717, 1.165) is 23.9 Å². The van der Waals surface area contributed by atoms with Gasteiger partial charge in [-0.2, -0.15) is 23.4 Å². The fraction of sp³-hybridized carbons (Fsp3) is 0.250. The van der Waals surface area contributed by atoms with Crippen molar-refractivity contribution in [2.24, 2.45) is 4.99 Å². The number of carbonyl (C=O) groups excluding carboxylic acids is 2. The quantitative estimate of drug-likeness (QED) is 0.564. The molecular formula is C24H19F3N4O4S. The van der Waals surface area contributed by atoms with Crippen LogP contribution >= 0.6 is 11.8 Å². The summed E-state index contributed by atoms with van der Waals surface area (Å²) in [5.41, 5.74) is -0.698. The van der Waals surface area contributed by atoms with E-state index in [1.165, 1.54) is 25.3 Å². The van der Waals surface area contributed by atoms with E-state index in [4.69, 9.17) is 14.7 Å². The van der Waals surface area contributed by atoms with E-state index in [-0.39, 0.29) is 29.5 Å².